The Morgan fingerprint density at radius 2 is 1.77 bits per heavy atom. The number of fused-ring (bicyclic) bond motifs is 1. The van der Waals surface area contributed by atoms with Crippen molar-refractivity contribution in [3.8, 4) is 5.75 Å². The van der Waals surface area contributed by atoms with Gasteiger partial charge in [0.15, 0.2) is 4.91 Å². The summed E-state index contributed by atoms with van der Waals surface area (Å²) in [5, 5.41) is 4.72. The molecule has 1 aliphatic rings. The maximum Gasteiger partial charge on any atom is 0.270 e. The van der Waals surface area contributed by atoms with Crippen LogP contribution in [0.2, 0.25) is 0 Å². The monoisotopic (exact) mass is 440 g/mol. The number of methoxy groups -OCH3 is 1. The van der Waals surface area contributed by atoms with Crippen LogP contribution in [0.1, 0.15) is 20.8 Å². The third-order valence-corrected chi connectivity index (χ3v) is 7.45. The van der Waals surface area contributed by atoms with Crippen molar-refractivity contribution in [1.82, 2.24) is 5.32 Å². The van der Waals surface area contributed by atoms with E-state index < -0.39 is 15.8 Å². The summed E-state index contributed by atoms with van der Waals surface area (Å²) < 4.78 is 33.0. The minimum Gasteiger partial charge on any atom is -0.497 e. The van der Waals surface area contributed by atoms with Crippen molar-refractivity contribution < 1.29 is 17.9 Å². The highest BCUT2D eigenvalue weighted by Crippen LogP contribution is 2.39. The van der Waals surface area contributed by atoms with E-state index in [4.69, 9.17) is 4.74 Å². The number of hydrogen-bond donors (Lipinski definition) is 1. The lowest BCUT2D eigenvalue weighted by Gasteiger charge is -2.29. The van der Waals surface area contributed by atoms with Crippen molar-refractivity contribution in [1.29, 1.82) is 0 Å². The van der Waals surface area contributed by atoms with E-state index in [2.05, 4.69) is 5.32 Å². The van der Waals surface area contributed by atoms with Crippen molar-refractivity contribution in [2.45, 2.75) is 13.1 Å². The summed E-state index contributed by atoms with van der Waals surface area (Å²) in [5.41, 5.74) is 2.21. The van der Waals surface area contributed by atoms with Crippen LogP contribution < -0.4 is 14.4 Å². The molecular weight excluding hydrogens is 420 g/mol. The Kier molecular flexibility index (Phi) is 5.61. The number of ether oxygens (including phenoxy) is 1. The molecule has 0 bridgehead atoms. The molecule has 0 unspecified atom stereocenters. The van der Waals surface area contributed by atoms with Crippen LogP contribution in [-0.2, 0) is 23.1 Å². The van der Waals surface area contributed by atoms with Crippen LogP contribution in [0.4, 0.5) is 5.69 Å². The van der Waals surface area contributed by atoms with Gasteiger partial charge >= 0.3 is 0 Å². The Hall–Kier alpha value is -3.10. The quantitative estimate of drug-likeness (QED) is 0.588. The molecule has 30 heavy (non-hydrogen) atoms. The van der Waals surface area contributed by atoms with Crippen LogP contribution in [0, 0.1) is 0 Å². The van der Waals surface area contributed by atoms with Gasteiger partial charge in [-0.3, -0.25) is 9.10 Å². The molecule has 1 N–H and O–H groups in total. The number of nitrogens with one attached hydrogen (secondary N) is 1. The Labute approximate surface area is 179 Å². The van der Waals surface area contributed by atoms with Gasteiger partial charge in [-0.05, 0) is 34.7 Å². The largest absolute Gasteiger partial charge is 0.497 e. The van der Waals surface area contributed by atoms with Crippen LogP contribution in [0.25, 0.3) is 0 Å². The van der Waals surface area contributed by atoms with Crippen LogP contribution in [0.5, 0.6) is 5.75 Å². The summed E-state index contributed by atoms with van der Waals surface area (Å²) >= 11 is 1.25. The van der Waals surface area contributed by atoms with Crippen LogP contribution in [0.15, 0.2) is 77.1 Å². The molecule has 2 aromatic carbocycles. The fourth-order valence-corrected chi connectivity index (χ4v) is 5.72. The van der Waals surface area contributed by atoms with Gasteiger partial charge in [-0.2, -0.15) is 0 Å². The highest BCUT2D eigenvalue weighted by atomic mass is 32.2. The number of thiophene rings is 1. The lowest BCUT2D eigenvalue weighted by atomic mass is 10.2. The number of ketones is 1. The van der Waals surface area contributed by atoms with Gasteiger partial charge in [0.1, 0.15) is 10.6 Å². The Balaban J connectivity index is 1.62. The molecule has 8 heteroatoms. The number of Topliss-reactive ketones (excluding diaryl/α,β-unsaturated/α-hetero) is 1. The van der Waals surface area contributed by atoms with Crippen molar-refractivity contribution >= 4 is 32.8 Å². The maximum atomic E-state index is 13.3. The number of sulfonamides is 1. The molecule has 1 aromatic heterocycles. The Morgan fingerprint density at radius 3 is 2.47 bits per heavy atom. The minimum atomic E-state index is -3.99. The van der Waals surface area contributed by atoms with Gasteiger partial charge in [0, 0.05) is 12.7 Å². The summed E-state index contributed by atoms with van der Waals surface area (Å²) in [6.07, 6.45) is 1.31. The van der Waals surface area contributed by atoms with E-state index >= 15 is 0 Å². The second kappa shape index (κ2) is 8.33. The predicted molar refractivity (Wildman–Crippen MR) is 118 cm³/mol. The van der Waals surface area contributed by atoms with E-state index in [-0.39, 0.29) is 11.4 Å². The summed E-state index contributed by atoms with van der Waals surface area (Å²) in [6, 6.07) is 18.4. The standard InChI is InChI=1S/C22H20N2O4S2/c1-28-18-9-7-16(8-10-18)13-23-14-20-21(25)22-19(11-12-29-22)24(30(20,26)27)15-17-5-3-2-4-6-17/h2-12,14,23H,13,15H2,1H3. The van der Waals surface area contributed by atoms with Crippen LogP contribution in [0.3, 0.4) is 0 Å². The van der Waals surface area contributed by atoms with Gasteiger partial charge in [-0.25, -0.2) is 8.42 Å². The lowest BCUT2D eigenvalue weighted by Crippen LogP contribution is -2.38. The molecule has 0 radical (unpaired) electrons. The third kappa shape index (κ3) is 3.83. The van der Waals surface area contributed by atoms with Gasteiger partial charge < -0.3 is 10.1 Å². The zero-order valence-electron chi connectivity index (χ0n) is 16.2. The van der Waals surface area contributed by atoms with E-state index in [9.17, 15) is 13.2 Å². The number of carbonyl (C=O) groups excluding carboxylic acids is 1. The molecule has 4 rings (SSSR count). The summed E-state index contributed by atoms with van der Waals surface area (Å²) in [6.45, 7) is 0.544. The molecule has 0 saturated carbocycles. The highest BCUT2D eigenvalue weighted by Gasteiger charge is 2.41. The first kappa shape index (κ1) is 20.2. The second-order valence-corrected chi connectivity index (χ2v) is 9.45. The number of allylic oxidation sites excluding steroid dienone is 1. The number of anilines is 1. The van der Waals surface area contributed by atoms with Crippen molar-refractivity contribution in [2.24, 2.45) is 0 Å². The van der Waals surface area contributed by atoms with Gasteiger partial charge in [0.05, 0.1) is 19.3 Å². The SMILES string of the molecule is COc1ccc(CNC=C2C(=O)c3sccc3N(Cc3ccccc3)S2(=O)=O)cc1. The molecule has 154 valence electrons. The summed E-state index contributed by atoms with van der Waals surface area (Å²) in [4.78, 5) is 13.1. The molecule has 0 amide bonds. The second-order valence-electron chi connectivity index (χ2n) is 6.70. The molecule has 0 saturated heterocycles. The Morgan fingerprint density at radius 1 is 1.03 bits per heavy atom. The van der Waals surface area contributed by atoms with Crippen LogP contribution >= 0.6 is 11.3 Å². The molecule has 2 heterocycles. The fourth-order valence-electron chi connectivity index (χ4n) is 3.21. The first-order chi connectivity index (χ1) is 14.5. The molecular formula is C22H20N2O4S2. The fraction of sp³-hybridized carbons (Fsp3) is 0.136. The number of rotatable bonds is 6. The molecule has 3 aromatic rings. The third-order valence-electron chi connectivity index (χ3n) is 4.78. The molecule has 1 aliphatic heterocycles. The van der Waals surface area contributed by atoms with E-state index in [1.807, 2.05) is 54.6 Å². The van der Waals surface area contributed by atoms with Crippen LogP contribution in [-0.4, -0.2) is 21.3 Å². The Bertz CT molecular complexity index is 1180. The summed E-state index contributed by atoms with van der Waals surface area (Å²) in [7, 11) is -2.40. The smallest absolute Gasteiger partial charge is 0.270 e. The van der Waals surface area contributed by atoms with Gasteiger partial charge in [-0.1, -0.05) is 42.5 Å². The molecule has 6 nitrogen and oxygen atoms in total. The molecule has 0 fully saturated rings. The molecule has 0 spiro atoms. The lowest BCUT2D eigenvalue weighted by molar-refractivity contribution is 0.104. The first-order valence-corrected chi connectivity index (χ1v) is 11.6. The maximum absolute atomic E-state index is 13.3. The van der Waals surface area contributed by atoms with Gasteiger partial charge in [-0.15, -0.1) is 11.3 Å². The first-order valence-electron chi connectivity index (χ1n) is 9.26. The normalized spacial score (nSPS) is 16.4. The van der Waals surface area contributed by atoms with Crippen molar-refractivity contribution in [2.75, 3.05) is 11.4 Å². The van der Waals surface area contributed by atoms with Gasteiger partial charge in [0.25, 0.3) is 10.0 Å². The average molecular weight is 441 g/mol. The van der Waals surface area contributed by atoms with E-state index in [1.165, 1.54) is 21.8 Å². The predicted octanol–water partition coefficient (Wildman–Crippen LogP) is 3.92. The van der Waals surface area contributed by atoms with E-state index in [1.54, 1.807) is 18.6 Å². The zero-order chi connectivity index (χ0) is 21.1. The van der Waals surface area contributed by atoms with Crippen molar-refractivity contribution in [3.05, 3.63) is 93.2 Å². The number of carbonyl (C=O) groups is 1. The zero-order valence-corrected chi connectivity index (χ0v) is 17.9. The molecule has 0 aliphatic carbocycles. The average Bonchev–Trinajstić information content (AvgIpc) is 3.24. The number of benzene rings is 2. The number of hydrogen-bond acceptors (Lipinski definition) is 6. The topological polar surface area (TPSA) is 75.7 Å². The number of nitrogens with zero attached hydrogens (tertiary/aromatic N) is 1. The summed E-state index contributed by atoms with van der Waals surface area (Å²) in [5.74, 6) is 0.260. The molecule has 0 atom stereocenters. The van der Waals surface area contributed by atoms with Crippen molar-refractivity contribution in [3.63, 3.8) is 0 Å². The minimum absolute atomic E-state index is 0.163. The van der Waals surface area contributed by atoms with Gasteiger partial charge in [0.2, 0.25) is 5.78 Å². The highest BCUT2D eigenvalue weighted by molar-refractivity contribution is 7.97. The van der Waals surface area contributed by atoms with E-state index in [0.717, 1.165) is 16.9 Å². The van der Waals surface area contributed by atoms with E-state index in [0.29, 0.717) is 17.1 Å².